The van der Waals surface area contributed by atoms with Gasteiger partial charge in [-0.1, -0.05) is 13.0 Å². The molecule has 0 saturated carbocycles. The molecular formula is C14H21BrN2. The van der Waals surface area contributed by atoms with Crippen LogP contribution in [0.4, 0.5) is 5.69 Å². The molecule has 1 aliphatic heterocycles. The number of nitrogens with one attached hydrogen (secondary N) is 1. The van der Waals surface area contributed by atoms with Crippen LogP contribution >= 0.6 is 15.9 Å². The lowest BCUT2D eigenvalue weighted by molar-refractivity contribution is 0.431. The van der Waals surface area contributed by atoms with Gasteiger partial charge in [0, 0.05) is 23.6 Å². The maximum Gasteiger partial charge on any atom is 0.0511 e. The van der Waals surface area contributed by atoms with E-state index in [1.54, 1.807) is 0 Å². The minimum Gasteiger partial charge on any atom is -0.369 e. The van der Waals surface area contributed by atoms with E-state index in [0.29, 0.717) is 6.04 Å². The van der Waals surface area contributed by atoms with E-state index in [9.17, 15) is 0 Å². The van der Waals surface area contributed by atoms with E-state index in [4.69, 9.17) is 0 Å². The van der Waals surface area contributed by atoms with E-state index in [2.05, 4.69) is 58.2 Å². The number of hydrogen-bond donors (Lipinski definition) is 1. The summed E-state index contributed by atoms with van der Waals surface area (Å²) in [5.74, 6) is 0. The molecule has 1 aromatic carbocycles. The Labute approximate surface area is 113 Å². The Morgan fingerprint density at radius 3 is 3.00 bits per heavy atom. The minimum absolute atomic E-state index is 0.641. The third-order valence-corrected chi connectivity index (χ3v) is 3.99. The van der Waals surface area contributed by atoms with Crippen LogP contribution < -0.4 is 10.2 Å². The van der Waals surface area contributed by atoms with Gasteiger partial charge in [-0.15, -0.1) is 0 Å². The van der Waals surface area contributed by atoms with Crippen LogP contribution in [0.2, 0.25) is 0 Å². The summed E-state index contributed by atoms with van der Waals surface area (Å²) in [5, 5.41) is 3.56. The van der Waals surface area contributed by atoms with E-state index in [-0.39, 0.29) is 0 Å². The van der Waals surface area contributed by atoms with Crippen LogP contribution in [0.5, 0.6) is 0 Å². The summed E-state index contributed by atoms with van der Waals surface area (Å²) < 4.78 is 1.22. The first kappa shape index (κ1) is 12.9. The zero-order valence-electron chi connectivity index (χ0n) is 10.7. The molecule has 17 heavy (non-hydrogen) atoms. The normalized spacial score (nSPS) is 20.6. The molecule has 2 rings (SSSR count). The molecular weight excluding hydrogens is 276 g/mol. The van der Waals surface area contributed by atoms with Crippen LogP contribution in [0.25, 0.3) is 0 Å². The van der Waals surface area contributed by atoms with Gasteiger partial charge in [-0.25, -0.2) is 0 Å². The number of aryl methyl sites for hydroxylation is 1. The first-order valence-electron chi connectivity index (χ1n) is 6.45. The second-order valence-electron chi connectivity index (χ2n) is 4.80. The minimum atomic E-state index is 0.641. The Kier molecular flexibility index (Phi) is 4.46. The van der Waals surface area contributed by atoms with Gasteiger partial charge in [0.1, 0.15) is 0 Å². The van der Waals surface area contributed by atoms with Crippen LogP contribution in [0.1, 0.15) is 25.3 Å². The molecule has 0 radical (unpaired) electrons. The summed E-state index contributed by atoms with van der Waals surface area (Å²) in [4.78, 5) is 2.49. The molecule has 1 aliphatic rings. The van der Waals surface area contributed by atoms with Crippen molar-refractivity contribution in [3.8, 4) is 0 Å². The second-order valence-corrected chi connectivity index (χ2v) is 5.65. The first-order valence-corrected chi connectivity index (χ1v) is 7.24. The van der Waals surface area contributed by atoms with Crippen LogP contribution in [-0.2, 0) is 0 Å². The molecule has 1 N–H and O–H groups in total. The molecule has 0 bridgehead atoms. The van der Waals surface area contributed by atoms with Crippen LogP contribution in [0.15, 0.2) is 22.7 Å². The fourth-order valence-electron chi connectivity index (χ4n) is 2.52. The number of rotatable bonds is 3. The van der Waals surface area contributed by atoms with Crippen molar-refractivity contribution in [2.75, 3.05) is 24.5 Å². The van der Waals surface area contributed by atoms with Crippen LogP contribution in [0.3, 0.4) is 0 Å². The van der Waals surface area contributed by atoms with Crippen LogP contribution in [0, 0.1) is 6.92 Å². The van der Waals surface area contributed by atoms with E-state index < -0.39 is 0 Å². The predicted octanol–water partition coefficient (Wildman–Crippen LogP) is 3.34. The van der Waals surface area contributed by atoms with Crippen LogP contribution in [-0.4, -0.2) is 25.7 Å². The molecule has 1 atom stereocenters. The number of piperidine rings is 1. The topological polar surface area (TPSA) is 15.3 Å². The summed E-state index contributed by atoms with van der Waals surface area (Å²) in [6.07, 6.45) is 2.58. The molecule has 2 nitrogen and oxygen atoms in total. The van der Waals surface area contributed by atoms with Gasteiger partial charge in [0.2, 0.25) is 0 Å². The van der Waals surface area contributed by atoms with Crippen molar-refractivity contribution in [3.05, 3.63) is 28.2 Å². The van der Waals surface area contributed by atoms with Gasteiger partial charge in [-0.2, -0.15) is 0 Å². The molecule has 1 aromatic rings. The Morgan fingerprint density at radius 1 is 1.47 bits per heavy atom. The zero-order valence-corrected chi connectivity index (χ0v) is 12.3. The smallest absolute Gasteiger partial charge is 0.0511 e. The van der Waals surface area contributed by atoms with Crippen molar-refractivity contribution < 1.29 is 0 Å². The van der Waals surface area contributed by atoms with Gasteiger partial charge in [-0.05, 0) is 59.9 Å². The number of anilines is 1. The summed E-state index contributed by atoms with van der Waals surface area (Å²) in [5.41, 5.74) is 2.64. The van der Waals surface area contributed by atoms with Crippen molar-refractivity contribution in [3.63, 3.8) is 0 Å². The van der Waals surface area contributed by atoms with Gasteiger partial charge in [0.15, 0.2) is 0 Å². The van der Waals surface area contributed by atoms with Crippen molar-refractivity contribution in [1.29, 1.82) is 0 Å². The zero-order chi connectivity index (χ0) is 12.3. The Morgan fingerprint density at radius 2 is 2.29 bits per heavy atom. The molecule has 1 heterocycles. The molecule has 3 heteroatoms. The Balaban J connectivity index is 2.10. The molecule has 94 valence electrons. The average Bonchev–Trinajstić information content (AvgIpc) is 2.29. The van der Waals surface area contributed by atoms with Crippen molar-refractivity contribution in [2.45, 2.75) is 32.7 Å². The SMILES string of the molecule is CCNC1CCCN(c2ccc(C)cc2Br)C1. The van der Waals surface area contributed by atoms with Gasteiger partial charge in [-0.3, -0.25) is 0 Å². The summed E-state index contributed by atoms with van der Waals surface area (Å²) in [7, 11) is 0. The van der Waals surface area contributed by atoms with Gasteiger partial charge in [0.25, 0.3) is 0 Å². The molecule has 1 unspecified atom stereocenters. The predicted molar refractivity (Wildman–Crippen MR) is 77.8 cm³/mol. The maximum atomic E-state index is 3.68. The highest BCUT2D eigenvalue weighted by atomic mass is 79.9. The standard InChI is InChI=1S/C14H21BrN2/c1-3-16-12-5-4-8-17(10-12)14-7-6-11(2)9-13(14)15/h6-7,9,12,16H,3-5,8,10H2,1-2H3. The Hall–Kier alpha value is -0.540. The van der Waals surface area contributed by atoms with Gasteiger partial charge < -0.3 is 10.2 Å². The highest BCUT2D eigenvalue weighted by Crippen LogP contribution is 2.29. The number of hydrogen-bond acceptors (Lipinski definition) is 2. The number of nitrogens with zero attached hydrogens (tertiary/aromatic N) is 1. The number of benzene rings is 1. The summed E-state index contributed by atoms with van der Waals surface area (Å²) >= 11 is 3.68. The molecule has 0 spiro atoms. The fourth-order valence-corrected chi connectivity index (χ4v) is 3.26. The van der Waals surface area contributed by atoms with E-state index in [0.717, 1.165) is 13.1 Å². The third-order valence-electron chi connectivity index (χ3n) is 3.36. The molecule has 0 aromatic heterocycles. The van der Waals surface area contributed by atoms with Crippen molar-refractivity contribution >= 4 is 21.6 Å². The Bertz CT molecular complexity index is 376. The molecule has 0 amide bonds. The van der Waals surface area contributed by atoms with Crippen molar-refractivity contribution in [1.82, 2.24) is 5.32 Å². The largest absolute Gasteiger partial charge is 0.369 e. The van der Waals surface area contributed by atoms with Gasteiger partial charge >= 0.3 is 0 Å². The lowest BCUT2D eigenvalue weighted by Gasteiger charge is -2.35. The highest BCUT2D eigenvalue weighted by Gasteiger charge is 2.20. The number of halogens is 1. The summed E-state index contributed by atoms with van der Waals surface area (Å²) in [6, 6.07) is 7.26. The molecule has 0 aliphatic carbocycles. The molecule has 1 saturated heterocycles. The van der Waals surface area contributed by atoms with E-state index >= 15 is 0 Å². The van der Waals surface area contributed by atoms with Crippen molar-refractivity contribution in [2.24, 2.45) is 0 Å². The lowest BCUT2D eigenvalue weighted by Crippen LogP contribution is -2.45. The number of likely N-dealkylation sites (N-methyl/N-ethyl adjacent to an activating group) is 1. The summed E-state index contributed by atoms with van der Waals surface area (Å²) in [6.45, 7) is 7.67. The third kappa shape index (κ3) is 3.23. The highest BCUT2D eigenvalue weighted by molar-refractivity contribution is 9.10. The lowest BCUT2D eigenvalue weighted by atomic mass is 10.0. The van der Waals surface area contributed by atoms with E-state index in [1.807, 2.05) is 0 Å². The second kappa shape index (κ2) is 5.87. The average molecular weight is 297 g/mol. The van der Waals surface area contributed by atoms with E-state index in [1.165, 1.54) is 35.1 Å². The first-order chi connectivity index (χ1) is 8.20. The fraction of sp³-hybridized carbons (Fsp3) is 0.571. The quantitative estimate of drug-likeness (QED) is 0.920. The van der Waals surface area contributed by atoms with Gasteiger partial charge in [0.05, 0.1) is 5.69 Å². The monoisotopic (exact) mass is 296 g/mol. The maximum absolute atomic E-state index is 3.68. The molecule has 1 fully saturated rings.